The summed E-state index contributed by atoms with van der Waals surface area (Å²) in [7, 11) is -1.84. The van der Waals surface area contributed by atoms with Crippen LogP contribution in [0.2, 0.25) is 0 Å². The molecule has 0 fully saturated rings. The molecule has 0 bridgehead atoms. The minimum atomic E-state index is -3.33. The summed E-state index contributed by atoms with van der Waals surface area (Å²) in [5, 5.41) is 3.00. The third kappa shape index (κ3) is 5.73. The molecular formula is C22H30N2O4S. The van der Waals surface area contributed by atoms with Gasteiger partial charge in [-0.15, -0.1) is 0 Å². The molecule has 0 aliphatic rings. The van der Waals surface area contributed by atoms with Gasteiger partial charge in [-0.25, -0.2) is 8.42 Å². The number of hydrogen-bond donors (Lipinski definition) is 1. The summed E-state index contributed by atoms with van der Waals surface area (Å²) >= 11 is 0. The number of benzene rings is 2. The van der Waals surface area contributed by atoms with E-state index in [0.29, 0.717) is 11.4 Å². The van der Waals surface area contributed by atoms with Gasteiger partial charge in [-0.3, -0.25) is 9.10 Å². The maximum Gasteiger partial charge on any atom is 0.261 e. The second-order valence-corrected chi connectivity index (χ2v) is 9.52. The van der Waals surface area contributed by atoms with Gasteiger partial charge >= 0.3 is 0 Å². The highest BCUT2D eigenvalue weighted by atomic mass is 32.2. The van der Waals surface area contributed by atoms with Crippen LogP contribution >= 0.6 is 0 Å². The van der Waals surface area contributed by atoms with Crippen LogP contribution in [0.5, 0.6) is 5.75 Å². The van der Waals surface area contributed by atoms with Crippen LogP contribution in [0, 0.1) is 20.8 Å². The van der Waals surface area contributed by atoms with Crippen molar-refractivity contribution >= 4 is 21.6 Å². The Bertz CT molecular complexity index is 985. The Hall–Kier alpha value is -2.54. The van der Waals surface area contributed by atoms with Gasteiger partial charge in [0.1, 0.15) is 5.75 Å². The molecule has 0 aliphatic heterocycles. The highest BCUT2D eigenvalue weighted by Crippen LogP contribution is 2.23. The molecule has 0 spiro atoms. The summed E-state index contributed by atoms with van der Waals surface area (Å²) in [6.45, 7) is 9.82. The van der Waals surface area contributed by atoms with Gasteiger partial charge in [0, 0.05) is 7.05 Å². The Labute approximate surface area is 173 Å². The third-order valence-electron chi connectivity index (χ3n) is 5.09. The van der Waals surface area contributed by atoms with E-state index in [0.717, 1.165) is 17.4 Å². The van der Waals surface area contributed by atoms with Crippen molar-refractivity contribution in [2.75, 3.05) is 17.6 Å². The van der Waals surface area contributed by atoms with Gasteiger partial charge in [-0.1, -0.05) is 12.1 Å². The predicted octanol–water partition coefficient (Wildman–Crippen LogP) is 3.65. The van der Waals surface area contributed by atoms with E-state index in [1.54, 1.807) is 31.2 Å². The topological polar surface area (TPSA) is 75.7 Å². The van der Waals surface area contributed by atoms with Crippen molar-refractivity contribution in [3.63, 3.8) is 0 Å². The van der Waals surface area contributed by atoms with E-state index < -0.39 is 16.1 Å². The lowest BCUT2D eigenvalue weighted by molar-refractivity contribution is -0.127. The fraction of sp³-hybridized carbons (Fsp3) is 0.409. The fourth-order valence-corrected chi connectivity index (χ4v) is 3.55. The van der Waals surface area contributed by atoms with E-state index in [-0.39, 0.29) is 11.9 Å². The van der Waals surface area contributed by atoms with Gasteiger partial charge in [-0.2, -0.15) is 0 Å². The van der Waals surface area contributed by atoms with Crippen LogP contribution in [0.1, 0.15) is 42.1 Å². The van der Waals surface area contributed by atoms with Crippen molar-refractivity contribution in [1.29, 1.82) is 0 Å². The molecule has 0 aromatic heterocycles. The van der Waals surface area contributed by atoms with E-state index in [1.165, 1.54) is 22.5 Å². The first-order valence-electron chi connectivity index (χ1n) is 9.49. The number of nitrogens with one attached hydrogen (secondary N) is 1. The summed E-state index contributed by atoms with van der Waals surface area (Å²) in [6.07, 6.45) is 0.449. The molecule has 0 heterocycles. The largest absolute Gasteiger partial charge is 0.481 e. The highest BCUT2D eigenvalue weighted by Gasteiger charge is 2.19. The van der Waals surface area contributed by atoms with Gasteiger partial charge in [0.2, 0.25) is 10.0 Å². The molecule has 0 radical (unpaired) electrons. The summed E-state index contributed by atoms with van der Waals surface area (Å²) in [4.78, 5) is 12.6. The second-order valence-electron chi connectivity index (χ2n) is 7.51. The minimum absolute atomic E-state index is 0.140. The average Bonchev–Trinajstić information content (AvgIpc) is 2.63. The molecule has 0 aliphatic carbocycles. The van der Waals surface area contributed by atoms with E-state index in [2.05, 4.69) is 31.3 Å². The monoisotopic (exact) mass is 418 g/mol. The van der Waals surface area contributed by atoms with Crippen LogP contribution in [0.4, 0.5) is 5.69 Å². The Kier molecular flexibility index (Phi) is 6.95. The molecule has 0 saturated heterocycles. The zero-order valence-electron chi connectivity index (χ0n) is 18.1. The summed E-state index contributed by atoms with van der Waals surface area (Å²) < 4.78 is 30.1. The van der Waals surface area contributed by atoms with Crippen LogP contribution in [0.3, 0.4) is 0 Å². The molecule has 2 rings (SSSR count). The maximum absolute atomic E-state index is 12.6. The molecule has 1 amide bonds. The van der Waals surface area contributed by atoms with Crippen LogP contribution in [0.25, 0.3) is 0 Å². The molecule has 0 unspecified atom stereocenters. The van der Waals surface area contributed by atoms with Gasteiger partial charge in [0.15, 0.2) is 6.10 Å². The van der Waals surface area contributed by atoms with Gasteiger partial charge < -0.3 is 10.1 Å². The lowest BCUT2D eigenvalue weighted by Crippen LogP contribution is -2.38. The number of carbonyl (C=O) groups is 1. The molecule has 2 atom stereocenters. The lowest BCUT2D eigenvalue weighted by Gasteiger charge is -2.21. The highest BCUT2D eigenvalue weighted by molar-refractivity contribution is 7.92. The van der Waals surface area contributed by atoms with E-state index >= 15 is 0 Å². The minimum Gasteiger partial charge on any atom is -0.481 e. The molecule has 0 saturated carbocycles. The summed E-state index contributed by atoms with van der Waals surface area (Å²) in [6, 6.07) is 10.7. The Morgan fingerprint density at radius 3 is 2.10 bits per heavy atom. The number of hydrogen-bond acceptors (Lipinski definition) is 4. The van der Waals surface area contributed by atoms with Gasteiger partial charge in [0.25, 0.3) is 5.91 Å². The number of carbonyl (C=O) groups excluding carboxylic acids is 1. The maximum atomic E-state index is 12.6. The number of amides is 1. The number of aryl methyl sites for hydroxylation is 3. The Morgan fingerprint density at radius 2 is 1.55 bits per heavy atom. The van der Waals surface area contributed by atoms with Crippen molar-refractivity contribution in [3.05, 3.63) is 58.7 Å². The molecule has 2 aromatic carbocycles. The van der Waals surface area contributed by atoms with Gasteiger partial charge in [0.05, 0.1) is 18.0 Å². The van der Waals surface area contributed by atoms with Crippen molar-refractivity contribution in [1.82, 2.24) is 5.32 Å². The summed E-state index contributed by atoms with van der Waals surface area (Å²) in [5.74, 6) is 0.278. The molecular weight excluding hydrogens is 388 g/mol. The smallest absolute Gasteiger partial charge is 0.261 e. The SMILES string of the molecule is Cc1cc(C)c([C@@H](C)NC(=O)[C@H](C)Oc2ccc(N(C)S(C)(=O)=O)cc2)cc1C. The number of nitrogens with zero attached hydrogens (tertiary/aromatic N) is 1. The molecule has 7 heteroatoms. The lowest BCUT2D eigenvalue weighted by atomic mass is 9.96. The fourth-order valence-electron chi connectivity index (χ4n) is 3.04. The van der Waals surface area contributed by atoms with Crippen LogP contribution in [-0.2, 0) is 14.8 Å². The van der Waals surface area contributed by atoms with Crippen molar-refractivity contribution < 1.29 is 17.9 Å². The second kappa shape index (κ2) is 8.86. The van der Waals surface area contributed by atoms with Crippen molar-refractivity contribution in [2.45, 2.75) is 46.8 Å². The zero-order chi connectivity index (χ0) is 21.9. The average molecular weight is 419 g/mol. The molecule has 2 aromatic rings. The van der Waals surface area contributed by atoms with Crippen LogP contribution in [-0.4, -0.2) is 33.7 Å². The standard InChI is InChI=1S/C22H30N2O4S/c1-14-12-16(3)21(13-15(14)2)17(4)23-22(25)18(5)28-20-10-8-19(9-11-20)24(6)29(7,26)27/h8-13,17-18H,1-7H3,(H,23,25)/t17-,18+/m1/s1. The van der Waals surface area contributed by atoms with Crippen molar-refractivity contribution in [3.8, 4) is 5.75 Å². The number of rotatable bonds is 7. The quantitative estimate of drug-likeness (QED) is 0.745. The van der Waals surface area contributed by atoms with Crippen molar-refractivity contribution in [2.24, 2.45) is 0 Å². The molecule has 158 valence electrons. The zero-order valence-corrected chi connectivity index (χ0v) is 18.9. The van der Waals surface area contributed by atoms with Crippen LogP contribution in [0.15, 0.2) is 36.4 Å². The third-order valence-corrected chi connectivity index (χ3v) is 6.29. The van der Waals surface area contributed by atoms with E-state index in [9.17, 15) is 13.2 Å². The molecule has 1 N–H and O–H groups in total. The first-order valence-corrected chi connectivity index (χ1v) is 11.3. The first-order chi connectivity index (χ1) is 13.4. The first kappa shape index (κ1) is 22.7. The van der Waals surface area contributed by atoms with Gasteiger partial charge in [-0.05, 0) is 81.1 Å². The predicted molar refractivity (Wildman–Crippen MR) is 117 cm³/mol. The normalized spacial score (nSPS) is 13.5. The molecule has 29 heavy (non-hydrogen) atoms. The van der Waals surface area contributed by atoms with E-state index in [4.69, 9.17) is 4.74 Å². The van der Waals surface area contributed by atoms with Crippen LogP contribution < -0.4 is 14.4 Å². The number of anilines is 1. The Balaban J connectivity index is 2.03. The van der Waals surface area contributed by atoms with E-state index in [1.807, 2.05) is 13.8 Å². The Morgan fingerprint density at radius 1 is 1.00 bits per heavy atom. The number of sulfonamides is 1. The summed E-state index contributed by atoms with van der Waals surface area (Å²) in [5.41, 5.74) is 5.17. The molecule has 6 nitrogen and oxygen atoms in total. The number of ether oxygens (including phenoxy) is 1.